The van der Waals surface area contributed by atoms with E-state index < -0.39 is 27.6 Å². The SMILES string of the molecule is O=S(=O)(c1ccsc1)N(Cc1ccc(F)c(C(F)(F)F)c1)c1cc2ccccc2s1. The minimum Gasteiger partial charge on any atom is -0.253 e. The molecule has 4 aromatic rings. The van der Waals surface area contributed by atoms with Gasteiger partial charge in [0.05, 0.1) is 17.0 Å². The molecule has 0 unspecified atom stereocenters. The van der Waals surface area contributed by atoms with E-state index in [-0.39, 0.29) is 17.0 Å². The molecule has 0 aliphatic rings. The van der Waals surface area contributed by atoms with Crippen molar-refractivity contribution in [3.8, 4) is 0 Å². The molecule has 10 heteroatoms. The first-order chi connectivity index (χ1) is 14.2. The molecule has 0 amide bonds. The smallest absolute Gasteiger partial charge is 0.253 e. The predicted octanol–water partition coefficient (Wildman–Crippen LogP) is 6.52. The number of benzene rings is 2. The number of halogens is 4. The highest BCUT2D eigenvalue weighted by molar-refractivity contribution is 7.93. The minimum absolute atomic E-state index is 0.0278. The molecule has 0 atom stereocenters. The Morgan fingerprint density at radius 1 is 1.00 bits per heavy atom. The van der Waals surface area contributed by atoms with Crippen molar-refractivity contribution in [1.29, 1.82) is 0 Å². The summed E-state index contributed by atoms with van der Waals surface area (Å²) < 4.78 is 81.5. The van der Waals surface area contributed by atoms with Crippen LogP contribution in [0.4, 0.5) is 22.6 Å². The van der Waals surface area contributed by atoms with Gasteiger partial charge in [-0.2, -0.15) is 24.5 Å². The van der Waals surface area contributed by atoms with Gasteiger partial charge < -0.3 is 0 Å². The molecule has 0 fully saturated rings. The summed E-state index contributed by atoms with van der Waals surface area (Å²) >= 11 is 2.41. The number of hydrogen-bond acceptors (Lipinski definition) is 4. The number of alkyl halides is 3. The van der Waals surface area contributed by atoms with Crippen molar-refractivity contribution in [3.05, 3.63) is 82.3 Å². The maximum atomic E-state index is 13.7. The third kappa shape index (κ3) is 3.94. The number of sulfonamides is 1. The molecule has 0 radical (unpaired) electrons. The number of rotatable bonds is 5. The van der Waals surface area contributed by atoms with Gasteiger partial charge in [0.1, 0.15) is 10.8 Å². The Morgan fingerprint density at radius 2 is 1.77 bits per heavy atom. The van der Waals surface area contributed by atoms with Gasteiger partial charge in [-0.1, -0.05) is 24.3 Å². The summed E-state index contributed by atoms with van der Waals surface area (Å²) in [6.45, 7) is -0.367. The van der Waals surface area contributed by atoms with Gasteiger partial charge in [-0.3, -0.25) is 4.31 Å². The maximum absolute atomic E-state index is 13.7. The molecule has 2 aromatic carbocycles. The Kier molecular flexibility index (Phi) is 5.33. The van der Waals surface area contributed by atoms with Crippen LogP contribution in [0.2, 0.25) is 0 Å². The van der Waals surface area contributed by atoms with E-state index in [9.17, 15) is 26.0 Å². The zero-order valence-electron chi connectivity index (χ0n) is 15.1. The van der Waals surface area contributed by atoms with E-state index in [1.54, 1.807) is 11.4 Å². The zero-order chi connectivity index (χ0) is 21.5. The van der Waals surface area contributed by atoms with Gasteiger partial charge in [0, 0.05) is 10.1 Å². The Hall–Kier alpha value is -2.43. The van der Waals surface area contributed by atoms with Crippen LogP contribution in [-0.2, 0) is 22.7 Å². The van der Waals surface area contributed by atoms with E-state index in [0.717, 1.165) is 20.5 Å². The number of anilines is 1. The fourth-order valence-corrected chi connectivity index (χ4v) is 6.69. The van der Waals surface area contributed by atoms with E-state index in [0.29, 0.717) is 17.1 Å². The van der Waals surface area contributed by atoms with Gasteiger partial charge in [-0.05, 0) is 46.7 Å². The van der Waals surface area contributed by atoms with E-state index in [4.69, 9.17) is 0 Å². The summed E-state index contributed by atoms with van der Waals surface area (Å²) in [6, 6.07) is 12.9. The summed E-state index contributed by atoms with van der Waals surface area (Å²) in [4.78, 5) is 0.0445. The molecule has 0 saturated heterocycles. The van der Waals surface area contributed by atoms with E-state index in [2.05, 4.69) is 0 Å². The number of hydrogen-bond donors (Lipinski definition) is 0. The molecular formula is C20H13F4NO2S3. The molecule has 0 saturated carbocycles. The summed E-state index contributed by atoms with van der Waals surface area (Å²) in [7, 11) is -4.04. The van der Waals surface area contributed by atoms with Crippen LogP contribution >= 0.6 is 22.7 Å². The van der Waals surface area contributed by atoms with Gasteiger partial charge in [-0.25, -0.2) is 12.8 Å². The highest BCUT2D eigenvalue weighted by atomic mass is 32.2. The lowest BCUT2D eigenvalue weighted by molar-refractivity contribution is -0.140. The standard InChI is InChI=1S/C20H13F4NO2S3/c21-17-6-5-13(9-16(17)20(22,23)24)11-25(30(26,27)15-7-8-28-12-15)19-10-14-3-1-2-4-18(14)29-19/h1-10,12H,11H2. The molecule has 156 valence electrons. The van der Waals surface area contributed by atoms with Crippen molar-refractivity contribution in [2.24, 2.45) is 0 Å². The zero-order valence-corrected chi connectivity index (χ0v) is 17.5. The van der Waals surface area contributed by atoms with Gasteiger partial charge >= 0.3 is 6.18 Å². The van der Waals surface area contributed by atoms with Crippen molar-refractivity contribution in [2.75, 3.05) is 4.31 Å². The third-order valence-corrected chi connectivity index (χ3v) is 8.25. The van der Waals surface area contributed by atoms with Gasteiger partial charge in [0.25, 0.3) is 10.0 Å². The van der Waals surface area contributed by atoms with Gasteiger partial charge in [0.15, 0.2) is 0 Å². The van der Waals surface area contributed by atoms with E-state index >= 15 is 0 Å². The molecular weight excluding hydrogens is 458 g/mol. The fourth-order valence-electron chi connectivity index (χ4n) is 2.95. The first-order valence-corrected chi connectivity index (χ1v) is 11.8. The monoisotopic (exact) mass is 471 g/mol. The molecule has 30 heavy (non-hydrogen) atoms. The van der Waals surface area contributed by atoms with Crippen LogP contribution in [0, 0.1) is 5.82 Å². The van der Waals surface area contributed by atoms with Crippen molar-refractivity contribution in [1.82, 2.24) is 0 Å². The lowest BCUT2D eigenvalue weighted by Gasteiger charge is -2.23. The number of nitrogens with zero attached hydrogens (tertiary/aromatic N) is 1. The number of fused-ring (bicyclic) bond motifs is 1. The Balaban J connectivity index is 1.82. The van der Waals surface area contributed by atoms with Crippen LogP contribution in [0.5, 0.6) is 0 Å². The lowest BCUT2D eigenvalue weighted by Crippen LogP contribution is -2.29. The second kappa shape index (κ2) is 7.68. The predicted molar refractivity (Wildman–Crippen MR) is 111 cm³/mol. The minimum atomic E-state index is -4.88. The Morgan fingerprint density at radius 3 is 2.43 bits per heavy atom. The van der Waals surface area contributed by atoms with E-state index in [1.165, 1.54) is 34.1 Å². The largest absolute Gasteiger partial charge is 0.419 e. The molecule has 0 spiro atoms. The molecule has 2 aromatic heterocycles. The van der Waals surface area contributed by atoms with E-state index in [1.807, 2.05) is 24.3 Å². The third-order valence-electron chi connectivity index (χ3n) is 4.40. The molecule has 4 rings (SSSR count). The molecule has 3 nitrogen and oxygen atoms in total. The Bertz CT molecular complexity index is 1260. The van der Waals surface area contributed by atoms with Crippen LogP contribution in [0.3, 0.4) is 0 Å². The number of thiophene rings is 2. The van der Waals surface area contributed by atoms with Crippen LogP contribution in [-0.4, -0.2) is 8.42 Å². The summed E-state index contributed by atoms with van der Waals surface area (Å²) in [5.41, 5.74) is -1.40. The molecule has 0 N–H and O–H groups in total. The molecule has 0 bridgehead atoms. The normalized spacial score (nSPS) is 12.4. The first kappa shape index (κ1) is 20.8. The van der Waals surface area contributed by atoms with Crippen LogP contribution < -0.4 is 4.31 Å². The van der Waals surface area contributed by atoms with Crippen LogP contribution in [0.1, 0.15) is 11.1 Å². The molecule has 0 aliphatic carbocycles. The Labute approximate surface area is 177 Å². The highest BCUT2D eigenvalue weighted by Gasteiger charge is 2.35. The van der Waals surface area contributed by atoms with Crippen LogP contribution in [0.25, 0.3) is 10.1 Å². The summed E-state index contributed by atoms with van der Waals surface area (Å²) in [5.74, 6) is -1.40. The summed E-state index contributed by atoms with van der Waals surface area (Å²) in [5, 5.41) is 4.25. The fraction of sp³-hybridized carbons (Fsp3) is 0.100. The topological polar surface area (TPSA) is 37.4 Å². The van der Waals surface area contributed by atoms with Crippen molar-refractivity contribution in [2.45, 2.75) is 17.6 Å². The maximum Gasteiger partial charge on any atom is 0.419 e. The van der Waals surface area contributed by atoms with Crippen molar-refractivity contribution < 1.29 is 26.0 Å². The molecule has 2 heterocycles. The quantitative estimate of drug-likeness (QED) is 0.311. The average Bonchev–Trinajstić information content (AvgIpc) is 3.36. The second-order valence-electron chi connectivity index (χ2n) is 6.41. The highest BCUT2D eigenvalue weighted by Crippen LogP contribution is 2.38. The lowest BCUT2D eigenvalue weighted by atomic mass is 10.1. The average molecular weight is 472 g/mol. The first-order valence-electron chi connectivity index (χ1n) is 8.55. The van der Waals surface area contributed by atoms with Gasteiger partial charge in [-0.15, -0.1) is 11.3 Å². The van der Waals surface area contributed by atoms with Crippen LogP contribution in [0.15, 0.2) is 70.3 Å². The summed E-state index contributed by atoms with van der Waals surface area (Å²) in [6.07, 6.45) is -4.88. The second-order valence-corrected chi connectivity index (χ2v) is 10.1. The van der Waals surface area contributed by atoms with Crippen molar-refractivity contribution >= 4 is 47.8 Å². The molecule has 0 aliphatic heterocycles. The van der Waals surface area contributed by atoms with Gasteiger partial charge in [0.2, 0.25) is 0 Å². The van der Waals surface area contributed by atoms with Crippen molar-refractivity contribution in [3.63, 3.8) is 0 Å².